The summed E-state index contributed by atoms with van der Waals surface area (Å²) >= 11 is 5.83. The minimum atomic E-state index is -3.65. The van der Waals surface area contributed by atoms with E-state index in [9.17, 15) is 13.5 Å². The Labute approximate surface area is 124 Å². The smallest absolute Gasteiger partial charge is 0.244 e. The number of aliphatic hydroxyl groups is 1. The summed E-state index contributed by atoms with van der Waals surface area (Å²) in [5, 5.41) is 9.86. The summed E-state index contributed by atoms with van der Waals surface area (Å²) in [5.41, 5.74) is 0. The van der Waals surface area contributed by atoms with E-state index in [1.54, 1.807) is 0 Å². The van der Waals surface area contributed by atoms with Gasteiger partial charge in [0.1, 0.15) is 10.6 Å². The van der Waals surface area contributed by atoms with Gasteiger partial charge in [-0.1, -0.05) is 11.6 Å². The molecule has 0 aliphatic heterocycles. The van der Waals surface area contributed by atoms with Crippen LogP contribution in [0.2, 0.25) is 5.02 Å². The fourth-order valence-electron chi connectivity index (χ4n) is 2.34. The summed E-state index contributed by atoms with van der Waals surface area (Å²) in [6.07, 6.45) is 2.18. The van der Waals surface area contributed by atoms with Gasteiger partial charge in [0.15, 0.2) is 0 Å². The molecule has 1 aliphatic rings. The number of methoxy groups -OCH3 is 1. The van der Waals surface area contributed by atoms with Gasteiger partial charge in [0.2, 0.25) is 10.0 Å². The molecule has 0 saturated heterocycles. The van der Waals surface area contributed by atoms with Crippen LogP contribution < -0.4 is 9.46 Å². The molecule has 1 fully saturated rings. The number of hydrogen-bond acceptors (Lipinski definition) is 4. The van der Waals surface area contributed by atoms with Crippen LogP contribution in [0.5, 0.6) is 5.75 Å². The van der Waals surface area contributed by atoms with E-state index in [1.165, 1.54) is 25.3 Å². The molecule has 1 aliphatic carbocycles. The first-order valence-corrected chi connectivity index (χ1v) is 8.32. The van der Waals surface area contributed by atoms with Crippen LogP contribution in [0.3, 0.4) is 0 Å². The Hall–Kier alpha value is -0.820. The lowest BCUT2D eigenvalue weighted by molar-refractivity contribution is 0.120. The van der Waals surface area contributed by atoms with Gasteiger partial charge in [-0.05, 0) is 37.8 Å². The zero-order chi connectivity index (χ0) is 14.8. The minimum Gasteiger partial charge on any atom is -0.495 e. The average Bonchev–Trinajstić information content (AvgIpc) is 2.40. The van der Waals surface area contributed by atoms with Crippen LogP contribution in [0.15, 0.2) is 23.1 Å². The van der Waals surface area contributed by atoms with Crippen molar-refractivity contribution in [3.8, 4) is 5.75 Å². The summed E-state index contributed by atoms with van der Waals surface area (Å²) in [6, 6.07) is 4.27. The molecule has 0 spiro atoms. The number of ether oxygens (including phenoxy) is 1. The maximum atomic E-state index is 12.4. The number of hydrogen-bond donors (Lipinski definition) is 2. The quantitative estimate of drug-likeness (QED) is 0.889. The highest BCUT2D eigenvalue weighted by molar-refractivity contribution is 7.89. The first-order chi connectivity index (χ1) is 9.42. The van der Waals surface area contributed by atoms with E-state index in [-0.39, 0.29) is 22.8 Å². The summed E-state index contributed by atoms with van der Waals surface area (Å²) in [5.74, 6) is 0.223. The van der Waals surface area contributed by atoms with Crippen molar-refractivity contribution >= 4 is 21.6 Å². The molecule has 0 atom stereocenters. The number of benzene rings is 1. The van der Waals surface area contributed by atoms with E-state index < -0.39 is 10.0 Å². The molecule has 0 heterocycles. The number of aliphatic hydroxyl groups excluding tert-OH is 1. The summed E-state index contributed by atoms with van der Waals surface area (Å²) in [7, 11) is -2.25. The van der Waals surface area contributed by atoms with Gasteiger partial charge >= 0.3 is 0 Å². The second-order valence-corrected chi connectivity index (χ2v) is 7.04. The van der Waals surface area contributed by atoms with Crippen molar-refractivity contribution < 1.29 is 18.3 Å². The van der Waals surface area contributed by atoms with E-state index >= 15 is 0 Å². The second kappa shape index (κ2) is 6.30. The highest BCUT2D eigenvalue weighted by Crippen LogP contribution is 2.28. The lowest BCUT2D eigenvalue weighted by Gasteiger charge is -2.26. The Balaban J connectivity index is 2.18. The van der Waals surface area contributed by atoms with Gasteiger partial charge < -0.3 is 9.84 Å². The van der Waals surface area contributed by atoms with Crippen molar-refractivity contribution in [2.24, 2.45) is 0 Å². The molecular formula is C13H18ClNO4S. The molecule has 1 aromatic rings. The second-order valence-electron chi connectivity index (χ2n) is 4.92. The predicted octanol–water partition coefficient (Wildman–Crippen LogP) is 1.93. The molecule has 0 bridgehead atoms. The Bertz CT molecular complexity index is 568. The highest BCUT2D eigenvalue weighted by atomic mass is 35.5. The van der Waals surface area contributed by atoms with Crippen LogP contribution in [-0.4, -0.2) is 32.8 Å². The predicted molar refractivity (Wildman–Crippen MR) is 76.6 cm³/mol. The molecule has 5 nitrogen and oxygen atoms in total. The van der Waals surface area contributed by atoms with Crippen molar-refractivity contribution in [1.29, 1.82) is 0 Å². The topological polar surface area (TPSA) is 75.6 Å². The lowest BCUT2D eigenvalue weighted by atomic mass is 9.94. The van der Waals surface area contributed by atoms with Gasteiger partial charge in [-0.25, -0.2) is 13.1 Å². The normalized spacial score (nSPS) is 23.6. The van der Waals surface area contributed by atoms with Gasteiger partial charge in [0, 0.05) is 17.1 Å². The molecular weight excluding hydrogens is 302 g/mol. The summed E-state index contributed by atoms with van der Waals surface area (Å²) in [6.45, 7) is 0. The zero-order valence-corrected chi connectivity index (χ0v) is 12.7. The van der Waals surface area contributed by atoms with Gasteiger partial charge in [-0.15, -0.1) is 0 Å². The standard InChI is InChI=1S/C13H18ClNO4S/c1-19-12-8-9(14)2-7-13(12)20(17,18)15-10-3-5-11(16)6-4-10/h2,7-8,10-11,15-16H,3-6H2,1H3. The van der Waals surface area contributed by atoms with Crippen LogP contribution in [0.4, 0.5) is 0 Å². The molecule has 0 amide bonds. The largest absolute Gasteiger partial charge is 0.495 e. The molecule has 20 heavy (non-hydrogen) atoms. The van der Waals surface area contributed by atoms with Crippen molar-refractivity contribution in [3.05, 3.63) is 23.2 Å². The van der Waals surface area contributed by atoms with E-state index in [1.807, 2.05) is 0 Å². The number of sulfonamides is 1. The van der Waals surface area contributed by atoms with Gasteiger partial charge in [0.05, 0.1) is 13.2 Å². The van der Waals surface area contributed by atoms with Gasteiger partial charge in [-0.3, -0.25) is 0 Å². The van der Waals surface area contributed by atoms with Crippen LogP contribution in [0.25, 0.3) is 0 Å². The molecule has 112 valence electrons. The number of nitrogens with one attached hydrogen (secondary N) is 1. The van der Waals surface area contributed by atoms with Crippen molar-refractivity contribution in [1.82, 2.24) is 4.72 Å². The maximum Gasteiger partial charge on any atom is 0.244 e. The lowest BCUT2D eigenvalue weighted by Crippen LogP contribution is -2.38. The van der Waals surface area contributed by atoms with E-state index in [2.05, 4.69) is 4.72 Å². The fourth-order valence-corrected chi connectivity index (χ4v) is 3.96. The van der Waals surface area contributed by atoms with E-state index in [0.717, 1.165) is 0 Å². The molecule has 2 rings (SSSR count). The first-order valence-electron chi connectivity index (χ1n) is 6.46. The van der Waals surface area contributed by atoms with Crippen LogP contribution in [0.1, 0.15) is 25.7 Å². The summed E-state index contributed by atoms with van der Waals surface area (Å²) < 4.78 is 32.5. The third-order valence-corrected chi connectivity index (χ3v) is 5.23. The van der Waals surface area contributed by atoms with Crippen LogP contribution in [0, 0.1) is 0 Å². The van der Waals surface area contributed by atoms with Gasteiger partial charge in [-0.2, -0.15) is 0 Å². The van der Waals surface area contributed by atoms with Crippen molar-refractivity contribution in [2.45, 2.75) is 42.7 Å². The first kappa shape index (κ1) is 15.6. The fraction of sp³-hybridized carbons (Fsp3) is 0.538. The van der Waals surface area contributed by atoms with E-state index in [0.29, 0.717) is 30.7 Å². The Morgan fingerprint density at radius 1 is 1.30 bits per heavy atom. The van der Waals surface area contributed by atoms with Gasteiger partial charge in [0.25, 0.3) is 0 Å². The third-order valence-electron chi connectivity index (χ3n) is 3.43. The van der Waals surface area contributed by atoms with Crippen LogP contribution >= 0.6 is 11.6 Å². The Morgan fingerprint density at radius 2 is 1.95 bits per heavy atom. The molecule has 7 heteroatoms. The molecule has 0 unspecified atom stereocenters. The van der Waals surface area contributed by atoms with Crippen molar-refractivity contribution in [3.63, 3.8) is 0 Å². The highest BCUT2D eigenvalue weighted by Gasteiger charge is 2.26. The molecule has 0 aromatic heterocycles. The van der Waals surface area contributed by atoms with Crippen LogP contribution in [-0.2, 0) is 10.0 Å². The molecule has 1 saturated carbocycles. The third kappa shape index (κ3) is 3.63. The maximum absolute atomic E-state index is 12.4. The number of rotatable bonds is 4. The SMILES string of the molecule is COc1cc(Cl)ccc1S(=O)(=O)NC1CCC(O)CC1. The molecule has 2 N–H and O–H groups in total. The minimum absolute atomic E-state index is 0.0792. The molecule has 1 aromatic carbocycles. The monoisotopic (exact) mass is 319 g/mol. The van der Waals surface area contributed by atoms with E-state index in [4.69, 9.17) is 16.3 Å². The number of halogens is 1. The van der Waals surface area contributed by atoms with Crippen molar-refractivity contribution in [2.75, 3.05) is 7.11 Å². The zero-order valence-electron chi connectivity index (χ0n) is 11.2. The molecule has 0 radical (unpaired) electrons. The summed E-state index contributed by atoms with van der Waals surface area (Å²) in [4.78, 5) is 0.0792. The Morgan fingerprint density at radius 3 is 2.55 bits per heavy atom. The Kier molecular flexibility index (Phi) is 4.90. The average molecular weight is 320 g/mol.